The van der Waals surface area contributed by atoms with Gasteiger partial charge in [0.15, 0.2) is 0 Å². The Balaban J connectivity index is 1.85. The van der Waals surface area contributed by atoms with E-state index in [0.717, 1.165) is 12.2 Å². The average Bonchev–Trinajstić information content (AvgIpc) is 2.95. The van der Waals surface area contributed by atoms with E-state index in [0.29, 0.717) is 6.54 Å². The van der Waals surface area contributed by atoms with Crippen molar-refractivity contribution in [3.63, 3.8) is 0 Å². The van der Waals surface area contributed by atoms with Gasteiger partial charge in [-0.3, -0.25) is 0 Å². The first-order chi connectivity index (χ1) is 12.3. The molecule has 0 saturated heterocycles. The van der Waals surface area contributed by atoms with Crippen LogP contribution in [0.5, 0.6) is 0 Å². The van der Waals surface area contributed by atoms with Gasteiger partial charge in [-0.25, -0.2) is 4.98 Å². The third-order valence-corrected chi connectivity index (χ3v) is 5.15. The maximum absolute atomic E-state index is 9.01. The Labute approximate surface area is 156 Å². The van der Waals surface area contributed by atoms with Crippen LogP contribution in [0.2, 0.25) is 0 Å². The molecule has 0 atom stereocenters. The minimum absolute atomic E-state index is 0.190. The van der Waals surface area contributed by atoms with Gasteiger partial charge in [-0.1, -0.05) is 90.4 Å². The molecular weight excluding hydrogens is 308 g/mol. The molecule has 1 heterocycles. The van der Waals surface area contributed by atoms with Crippen LogP contribution in [0.25, 0.3) is 0 Å². The number of nitrogens with zero attached hydrogens (tertiary/aromatic N) is 2. The predicted molar refractivity (Wildman–Crippen MR) is 108 cm³/mol. The summed E-state index contributed by atoms with van der Waals surface area (Å²) >= 11 is 0. The molecule has 0 saturated carbocycles. The summed E-state index contributed by atoms with van der Waals surface area (Å²) in [6.45, 7) is 5.16. The lowest BCUT2D eigenvalue weighted by Crippen LogP contribution is -2.02. The topological polar surface area (TPSA) is 38.0 Å². The van der Waals surface area contributed by atoms with Gasteiger partial charge < -0.3 is 9.67 Å². The number of aliphatic hydroxyl groups excluding tert-OH is 1. The number of hydrogen-bond donors (Lipinski definition) is 1. The lowest BCUT2D eigenvalue weighted by molar-refractivity contribution is 0.275. The Morgan fingerprint density at radius 2 is 1.28 bits per heavy atom. The fourth-order valence-corrected chi connectivity index (χ4v) is 3.53. The van der Waals surface area contributed by atoms with Crippen molar-refractivity contribution >= 4 is 0 Å². The van der Waals surface area contributed by atoms with Gasteiger partial charge in [0.25, 0.3) is 0 Å². The molecule has 1 N–H and O–H groups in total. The molecule has 0 bridgehead atoms. The van der Waals surface area contributed by atoms with E-state index in [-0.39, 0.29) is 6.61 Å². The van der Waals surface area contributed by atoms with Crippen LogP contribution in [-0.2, 0) is 13.0 Å². The molecule has 0 spiro atoms. The van der Waals surface area contributed by atoms with Crippen LogP contribution in [0.1, 0.15) is 108 Å². The predicted octanol–water partition coefficient (Wildman–Crippen LogP) is 6.21. The highest BCUT2D eigenvalue weighted by Crippen LogP contribution is 2.14. The number of unbranched alkanes of at least 4 members (excludes halogenated alkanes) is 13. The molecule has 0 aliphatic rings. The third kappa shape index (κ3) is 11.4. The van der Waals surface area contributed by atoms with Crippen molar-refractivity contribution in [1.29, 1.82) is 0 Å². The van der Waals surface area contributed by atoms with Crippen LogP contribution < -0.4 is 0 Å². The summed E-state index contributed by atoms with van der Waals surface area (Å²) in [4.78, 5) is 4.58. The van der Waals surface area contributed by atoms with Gasteiger partial charge in [0.2, 0.25) is 0 Å². The average molecular weight is 351 g/mol. The SMILES string of the molecule is CCCCCCCCCCCCCCCCc1cn(CCO)c(C)n1. The maximum Gasteiger partial charge on any atom is 0.105 e. The number of aromatic nitrogens is 2. The van der Waals surface area contributed by atoms with Crippen molar-refractivity contribution in [3.05, 3.63) is 17.7 Å². The first-order valence-corrected chi connectivity index (χ1v) is 10.9. The Morgan fingerprint density at radius 1 is 0.800 bits per heavy atom. The number of aryl methyl sites for hydroxylation is 2. The van der Waals surface area contributed by atoms with Crippen LogP contribution in [-0.4, -0.2) is 21.3 Å². The lowest BCUT2D eigenvalue weighted by Gasteiger charge is -2.03. The Kier molecular flexibility index (Phi) is 13.7. The second-order valence-electron chi connectivity index (χ2n) is 7.54. The van der Waals surface area contributed by atoms with Crippen LogP contribution in [0.4, 0.5) is 0 Å². The molecular formula is C22H42N2O. The second-order valence-corrected chi connectivity index (χ2v) is 7.54. The molecule has 0 unspecified atom stereocenters. The number of imidazole rings is 1. The van der Waals surface area contributed by atoms with E-state index >= 15 is 0 Å². The first kappa shape index (κ1) is 22.2. The molecule has 1 aromatic rings. The van der Waals surface area contributed by atoms with Crippen molar-refractivity contribution in [1.82, 2.24) is 9.55 Å². The fourth-order valence-electron chi connectivity index (χ4n) is 3.53. The minimum Gasteiger partial charge on any atom is -0.395 e. The van der Waals surface area contributed by atoms with Crippen LogP contribution in [0.15, 0.2) is 6.20 Å². The van der Waals surface area contributed by atoms with Crippen LogP contribution in [0, 0.1) is 6.92 Å². The van der Waals surface area contributed by atoms with Gasteiger partial charge >= 0.3 is 0 Å². The molecule has 146 valence electrons. The van der Waals surface area contributed by atoms with E-state index in [1.165, 1.54) is 95.6 Å². The van der Waals surface area contributed by atoms with Crippen LogP contribution >= 0.6 is 0 Å². The summed E-state index contributed by atoms with van der Waals surface area (Å²) in [6, 6.07) is 0. The van der Waals surface area contributed by atoms with E-state index < -0.39 is 0 Å². The molecule has 0 fully saturated rings. The van der Waals surface area contributed by atoms with E-state index in [2.05, 4.69) is 22.7 Å². The Morgan fingerprint density at radius 3 is 1.76 bits per heavy atom. The molecule has 0 radical (unpaired) electrons. The highest BCUT2D eigenvalue weighted by atomic mass is 16.3. The van der Waals surface area contributed by atoms with Gasteiger partial charge in [-0.15, -0.1) is 0 Å². The Bertz CT molecular complexity index is 414. The van der Waals surface area contributed by atoms with E-state index in [9.17, 15) is 0 Å². The highest BCUT2D eigenvalue weighted by molar-refractivity contribution is 5.03. The fraction of sp³-hybridized carbons (Fsp3) is 0.864. The summed E-state index contributed by atoms with van der Waals surface area (Å²) in [5.74, 6) is 1.02. The van der Waals surface area contributed by atoms with Gasteiger partial charge in [0, 0.05) is 12.7 Å². The number of rotatable bonds is 17. The smallest absolute Gasteiger partial charge is 0.105 e. The molecule has 1 rings (SSSR count). The molecule has 1 aromatic heterocycles. The highest BCUT2D eigenvalue weighted by Gasteiger charge is 2.03. The summed E-state index contributed by atoms with van der Waals surface area (Å²) in [5, 5.41) is 9.01. The summed E-state index contributed by atoms with van der Waals surface area (Å²) < 4.78 is 2.05. The van der Waals surface area contributed by atoms with Gasteiger partial charge in [0.1, 0.15) is 5.82 Å². The monoisotopic (exact) mass is 350 g/mol. The van der Waals surface area contributed by atoms with Gasteiger partial charge in [-0.05, 0) is 19.8 Å². The third-order valence-electron chi connectivity index (χ3n) is 5.15. The zero-order chi connectivity index (χ0) is 18.2. The van der Waals surface area contributed by atoms with Crippen molar-refractivity contribution in [3.8, 4) is 0 Å². The largest absolute Gasteiger partial charge is 0.395 e. The lowest BCUT2D eigenvalue weighted by atomic mass is 10.0. The van der Waals surface area contributed by atoms with Crippen molar-refractivity contribution in [2.24, 2.45) is 0 Å². The quantitative estimate of drug-likeness (QED) is 0.339. The number of hydrogen-bond acceptors (Lipinski definition) is 2. The molecule has 0 aliphatic carbocycles. The van der Waals surface area contributed by atoms with Gasteiger partial charge in [0.05, 0.1) is 12.3 Å². The second kappa shape index (κ2) is 15.4. The summed E-state index contributed by atoms with van der Waals surface area (Å²) in [5.41, 5.74) is 1.19. The molecule has 0 amide bonds. The maximum atomic E-state index is 9.01. The normalized spacial score (nSPS) is 11.3. The zero-order valence-electron chi connectivity index (χ0n) is 16.9. The van der Waals surface area contributed by atoms with Crippen LogP contribution in [0.3, 0.4) is 0 Å². The first-order valence-electron chi connectivity index (χ1n) is 10.9. The summed E-state index contributed by atoms with van der Waals surface area (Å²) in [7, 11) is 0. The van der Waals surface area contributed by atoms with E-state index in [1.54, 1.807) is 0 Å². The molecule has 0 aliphatic heterocycles. The standard InChI is InChI=1S/C22H42N2O/c1-3-4-5-6-7-8-9-10-11-12-13-14-15-16-17-22-20-24(18-19-25)21(2)23-22/h20,25H,3-19H2,1-2H3. The summed E-state index contributed by atoms with van der Waals surface area (Å²) in [6.07, 6.45) is 22.8. The molecule has 25 heavy (non-hydrogen) atoms. The number of aliphatic hydroxyl groups is 1. The molecule has 0 aromatic carbocycles. The van der Waals surface area contributed by atoms with Gasteiger partial charge in [-0.2, -0.15) is 0 Å². The minimum atomic E-state index is 0.190. The van der Waals surface area contributed by atoms with E-state index in [1.807, 2.05) is 6.92 Å². The zero-order valence-corrected chi connectivity index (χ0v) is 16.9. The van der Waals surface area contributed by atoms with E-state index in [4.69, 9.17) is 5.11 Å². The van der Waals surface area contributed by atoms with Crippen molar-refractivity contribution in [2.45, 2.75) is 117 Å². The molecule has 3 nitrogen and oxygen atoms in total. The molecule has 3 heteroatoms. The van der Waals surface area contributed by atoms with Crippen molar-refractivity contribution in [2.75, 3.05) is 6.61 Å². The van der Waals surface area contributed by atoms with Crippen molar-refractivity contribution < 1.29 is 5.11 Å². The Hall–Kier alpha value is -0.830.